The lowest BCUT2D eigenvalue weighted by Gasteiger charge is -2.06. The molecule has 76 valence electrons. The summed E-state index contributed by atoms with van der Waals surface area (Å²) >= 11 is 0. The van der Waals surface area contributed by atoms with Gasteiger partial charge in [0.1, 0.15) is 0 Å². The van der Waals surface area contributed by atoms with E-state index in [2.05, 4.69) is 4.18 Å². The molecule has 0 amide bonds. The SMILES string of the molecule is CC(C)c1cccc2c1OS(=O)(=O)O2. The predicted molar refractivity (Wildman–Crippen MR) is 50.7 cm³/mol. The molecule has 1 aromatic carbocycles. The lowest BCUT2D eigenvalue weighted by atomic mass is 10.0. The summed E-state index contributed by atoms with van der Waals surface area (Å²) in [6, 6.07) is 5.15. The Morgan fingerprint density at radius 1 is 1.21 bits per heavy atom. The van der Waals surface area contributed by atoms with Crippen molar-refractivity contribution in [2.45, 2.75) is 19.8 Å². The molecule has 0 saturated heterocycles. The number of benzene rings is 1. The van der Waals surface area contributed by atoms with Crippen LogP contribution < -0.4 is 8.37 Å². The summed E-state index contributed by atoms with van der Waals surface area (Å²) < 4.78 is 31.4. The second kappa shape index (κ2) is 2.88. The Morgan fingerprint density at radius 3 is 2.57 bits per heavy atom. The van der Waals surface area contributed by atoms with Gasteiger partial charge in [-0.3, -0.25) is 0 Å². The van der Waals surface area contributed by atoms with E-state index in [0.29, 0.717) is 5.75 Å². The van der Waals surface area contributed by atoms with Crippen molar-refractivity contribution in [2.24, 2.45) is 0 Å². The van der Waals surface area contributed by atoms with Crippen LogP contribution in [0.4, 0.5) is 0 Å². The molecular formula is C9H10O4S. The Labute approximate surface area is 82.8 Å². The van der Waals surface area contributed by atoms with Crippen LogP contribution in [-0.4, -0.2) is 8.42 Å². The largest absolute Gasteiger partial charge is 0.501 e. The topological polar surface area (TPSA) is 52.6 Å². The highest BCUT2D eigenvalue weighted by Gasteiger charge is 2.31. The first-order valence-corrected chi connectivity index (χ1v) is 5.60. The average Bonchev–Trinajstić information content (AvgIpc) is 2.36. The second-order valence-corrected chi connectivity index (χ2v) is 4.55. The van der Waals surface area contributed by atoms with E-state index in [-0.39, 0.29) is 11.7 Å². The summed E-state index contributed by atoms with van der Waals surface area (Å²) in [5, 5.41) is 0. The molecule has 0 aromatic heterocycles. The van der Waals surface area contributed by atoms with E-state index in [1.807, 2.05) is 19.9 Å². The molecule has 0 unspecified atom stereocenters. The molecule has 4 nitrogen and oxygen atoms in total. The van der Waals surface area contributed by atoms with Crippen LogP contribution in [0, 0.1) is 0 Å². The fraction of sp³-hybridized carbons (Fsp3) is 0.333. The van der Waals surface area contributed by atoms with Gasteiger partial charge in [0.25, 0.3) is 0 Å². The van der Waals surface area contributed by atoms with E-state index >= 15 is 0 Å². The van der Waals surface area contributed by atoms with Crippen LogP contribution in [0.1, 0.15) is 25.3 Å². The molecule has 14 heavy (non-hydrogen) atoms. The molecule has 1 aliphatic rings. The van der Waals surface area contributed by atoms with Gasteiger partial charge in [-0.05, 0) is 12.0 Å². The first kappa shape index (κ1) is 9.33. The number of rotatable bonds is 1. The third-order valence-electron chi connectivity index (χ3n) is 2.01. The monoisotopic (exact) mass is 214 g/mol. The first-order chi connectivity index (χ1) is 6.49. The van der Waals surface area contributed by atoms with Gasteiger partial charge < -0.3 is 8.37 Å². The third kappa shape index (κ3) is 1.43. The predicted octanol–water partition coefficient (Wildman–Crippen LogP) is 1.83. The van der Waals surface area contributed by atoms with Crippen LogP contribution in [-0.2, 0) is 10.4 Å². The Morgan fingerprint density at radius 2 is 1.93 bits per heavy atom. The molecule has 1 heterocycles. The minimum absolute atomic E-state index is 0.196. The van der Waals surface area contributed by atoms with Crippen molar-refractivity contribution >= 4 is 10.4 Å². The van der Waals surface area contributed by atoms with Gasteiger partial charge in [-0.1, -0.05) is 26.0 Å². The maximum Gasteiger partial charge on any atom is 0.501 e. The molecule has 0 N–H and O–H groups in total. The van der Waals surface area contributed by atoms with Crippen LogP contribution in [0.2, 0.25) is 0 Å². The third-order valence-corrected chi connectivity index (χ3v) is 2.76. The Bertz CT molecular complexity index is 462. The normalized spacial score (nSPS) is 17.4. The van der Waals surface area contributed by atoms with Crippen LogP contribution in [0.25, 0.3) is 0 Å². The number of para-hydroxylation sites is 1. The Kier molecular flexibility index (Phi) is 1.92. The first-order valence-electron chi connectivity index (χ1n) is 4.26. The molecule has 0 spiro atoms. The zero-order valence-corrected chi connectivity index (χ0v) is 8.67. The molecule has 0 saturated carbocycles. The molecule has 2 rings (SSSR count). The van der Waals surface area contributed by atoms with Crippen LogP contribution in [0.5, 0.6) is 11.5 Å². The van der Waals surface area contributed by atoms with Crippen LogP contribution >= 0.6 is 0 Å². The zero-order valence-electron chi connectivity index (χ0n) is 7.85. The van der Waals surface area contributed by atoms with Gasteiger partial charge in [0.15, 0.2) is 11.5 Å². The van der Waals surface area contributed by atoms with Crippen molar-refractivity contribution in [2.75, 3.05) is 0 Å². The lowest BCUT2D eigenvalue weighted by Crippen LogP contribution is -2.08. The molecule has 5 heteroatoms. The quantitative estimate of drug-likeness (QED) is 0.715. The Hall–Kier alpha value is -1.23. The molecule has 1 aromatic rings. The summed E-state index contributed by atoms with van der Waals surface area (Å²) in [7, 11) is -3.86. The van der Waals surface area contributed by atoms with Crippen molar-refractivity contribution < 1.29 is 16.8 Å². The maximum absolute atomic E-state index is 11.0. The van der Waals surface area contributed by atoms with E-state index < -0.39 is 10.4 Å². The van der Waals surface area contributed by atoms with Crippen LogP contribution in [0.15, 0.2) is 18.2 Å². The molecule has 0 bridgehead atoms. The van der Waals surface area contributed by atoms with E-state index in [1.165, 1.54) is 0 Å². The number of hydrogen-bond donors (Lipinski definition) is 0. The van der Waals surface area contributed by atoms with E-state index in [4.69, 9.17) is 4.18 Å². The van der Waals surface area contributed by atoms with Crippen molar-refractivity contribution in [3.05, 3.63) is 23.8 Å². The van der Waals surface area contributed by atoms with Gasteiger partial charge in [0.2, 0.25) is 0 Å². The van der Waals surface area contributed by atoms with Crippen molar-refractivity contribution in [3.8, 4) is 11.5 Å². The van der Waals surface area contributed by atoms with Crippen molar-refractivity contribution in [1.82, 2.24) is 0 Å². The van der Waals surface area contributed by atoms with Gasteiger partial charge in [-0.2, -0.15) is 0 Å². The van der Waals surface area contributed by atoms with Crippen LogP contribution in [0.3, 0.4) is 0 Å². The molecule has 0 radical (unpaired) electrons. The molecule has 1 aliphatic heterocycles. The average molecular weight is 214 g/mol. The summed E-state index contributed by atoms with van der Waals surface area (Å²) in [6.07, 6.45) is 0. The molecule has 0 atom stereocenters. The molecule has 0 aliphatic carbocycles. The van der Waals surface area contributed by atoms with Gasteiger partial charge in [-0.25, -0.2) is 0 Å². The maximum atomic E-state index is 11.0. The highest BCUT2D eigenvalue weighted by atomic mass is 32.3. The lowest BCUT2D eigenvalue weighted by molar-refractivity contribution is 0.435. The highest BCUT2D eigenvalue weighted by Crippen LogP contribution is 2.41. The van der Waals surface area contributed by atoms with E-state index in [1.54, 1.807) is 12.1 Å². The number of hydrogen-bond acceptors (Lipinski definition) is 4. The minimum atomic E-state index is -3.86. The molecular weight excluding hydrogens is 204 g/mol. The summed E-state index contributed by atoms with van der Waals surface area (Å²) in [4.78, 5) is 0. The molecule has 0 fully saturated rings. The standard InChI is InChI=1S/C9H10O4S/c1-6(2)7-4-3-5-8-9(7)13-14(10,11)12-8/h3-6H,1-2H3. The van der Waals surface area contributed by atoms with Gasteiger partial charge in [0, 0.05) is 5.56 Å². The van der Waals surface area contributed by atoms with E-state index in [9.17, 15) is 8.42 Å². The van der Waals surface area contributed by atoms with Gasteiger partial charge in [0.05, 0.1) is 0 Å². The number of fused-ring (bicyclic) bond motifs is 1. The highest BCUT2D eigenvalue weighted by molar-refractivity contribution is 7.82. The second-order valence-electron chi connectivity index (χ2n) is 3.40. The Balaban J connectivity index is 2.57. The van der Waals surface area contributed by atoms with E-state index in [0.717, 1.165) is 5.56 Å². The zero-order chi connectivity index (χ0) is 10.3. The van der Waals surface area contributed by atoms with Crippen molar-refractivity contribution in [3.63, 3.8) is 0 Å². The summed E-state index contributed by atoms with van der Waals surface area (Å²) in [6.45, 7) is 3.92. The summed E-state index contributed by atoms with van der Waals surface area (Å²) in [5.74, 6) is 0.792. The fourth-order valence-electron chi connectivity index (χ4n) is 1.37. The minimum Gasteiger partial charge on any atom is -0.349 e. The van der Waals surface area contributed by atoms with Crippen molar-refractivity contribution in [1.29, 1.82) is 0 Å². The summed E-state index contributed by atoms with van der Waals surface area (Å²) in [5.41, 5.74) is 0.837. The smallest absolute Gasteiger partial charge is 0.349 e. The van der Waals surface area contributed by atoms with Gasteiger partial charge in [-0.15, -0.1) is 8.42 Å². The van der Waals surface area contributed by atoms with Gasteiger partial charge >= 0.3 is 10.4 Å². The fourth-order valence-corrected chi connectivity index (χ4v) is 2.14.